The average Bonchev–Trinajstić information content (AvgIpc) is 2.35. The summed E-state index contributed by atoms with van der Waals surface area (Å²) in [5, 5.41) is 0. The number of hydrogen-bond acceptors (Lipinski definition) is 4. The van der Waals surface area contributed by atoms with Crippen LogP contribution in [0.25, 0.3) is 0 Å². The third kappa shape index (κ3) is 1.93. The first-order valence-corrected chi connectivity index (χ1v) is 5.29. The zero-order valence-electron chi connectivity index (χ0n) is 9.65. The van der Waals surface area contributed by atoms with E-state index in [1.54, 1.807) is 25.1 Å². The highest BCUT2D eigenvalue weighted by atomic mass is 16.5. The molecule has 0 N–H and O–H groups in total. The number of allylic oxidation sites excluding steroid dienone is 2. The van der Waals surface area contributed by atoms with Gasteiger partial charge in [0.2, 0.25) is 5.78 Å². The molecule has 0 unspecified atom stereocenters. The van der Waals surface area contributed by atoms with Crippen molar-refractivity contribution < 1.29 is 19.1 Å². The Morgan fingerprint density at radius 3 is 2.59 bits per heavy atom. The summed E-state index contributed by atoms with van der Waals surface area (Å²) in [6.45, 7) is 2.12. The van der Waals surface area contributed by atoms with Crippen LogP contribution in [0.3, 0.4) is 0 Å². The van der Waals surface area contributed by atoms with E-state index in [0.717, 1.165) is 0 Å². The van der Waals surface area contributed by atoms with E-state index in [-0.39, 0.29) is 17.3 Å². The van der Waals surface area contributed by atoms with Crippen LogP contribution in [0.4, 0.5) is 0 Å². The minimum atomic E-state index is -0.260. The molecule has 0 saturated heterocycles. The first-order chi connectivity index (χ1) is 8.17. The molecule has 0 atom stereocenters. The second-order valence-electron chi connectivity index (χ2n) is 3.55. The molecule has 0 radical (unpaired) electrons. The van der Waals surface area contributed by atoms with Crippen molar-refractivity contribution in [1.29, 1.82) is 0 Å². The molecule has 17 heavy (non-hydrogen) atoms. The quantitative estimate of drug-likeness (QED) is 0.799. The monoisotopic (exact) mass is 232 g/mol. The van der Waals surface area contributed by atoms with Crippen LogP contribution >= 0.6 is 0 Å². The van der Waals surface area contributed by atoms with Gasteiger partial charge in [0, 0.05) is 17.2 Å². The number of rotatable bonds is 3. The Morgan fingerprint density at radius 1 is 1.18 bits per heavy atom. The smallest absolute Gasteiger partial charge is 0.228 e. The summed E-state index contributed by atoms with van der Waals surface area (Å²) in [6, 6.07) is 4.80. The molecular weight excluding hydrogens is 220 g/mol. The summed E-state index contributed by atoms with van der Waals surface area (Å²) < 4.78 is 10.2. The number of hydrogen-bond donors (Lipinski definition) is 0. The van der Waals surface area contributed by atoms with Gasteiger partial charge in [-0.25, -0.2) is 0 Å². The zero-order valence-corrected chi connectivity index (χ0v) is 9.65. The molecule has 1 aliphatic rings. The molecule has 1 aromatic rings. The molecule has 4 heteroatoms. The Bertz CT molecular complexity index is 514. The lowest BCUT2D eigenvalue weighted by Crippen LogP contribution is -2.18. The van der Waals surface area contributed by atoms with Crippen LogP contribution in [0, 0.1) is 0 Å². The number of fused-ring (bicyclic) bond motifs is 1. The Morgan fingerprint density at radius 2 is 1.94 bits per heavy atom. The standard InChI is InChI=1S/C13H12O4/c1-3-17-12-7-11(14)10-6-8(16-2)4-5-9(10)13(12)15/h4-7H,3H2,1-2H3. The largest absolute Gasteiger partial charge is 0.497 e. The van der Waals surface area contributed by atoms with E-state index in [2.05, 4.69) is 0 Å². The van der Waals surface area contributed by atoms with Gasteiger partial charge in [0.1, 0.15) is 5.75 Å². The predicted molar refractivity (Wildman–Crippen MR) is 61.4 cm³/mol. The fourth-order valence-corrected chi connectivity index (χ4v) is 1.71. The summed E-state index contributed by atoms with van der Waals surface area (Å²) in [7, 11) is 1.51. The lowest BCUT2D eigenvalue weighted by Gasteiger charge is -2.15. The lowest BCUT2D eigenvalue weighted by molar-refractivity contribution is 0.0891. The first kappa shape index (κ1) is 11.4. The number of benzene rings is 1. The fourth-order valence-electron chi connectivity index (χ4n) is 1.71. The third-order valence-corrected chi connectivity index (χ3v) is 2.52. The molecule has 0 aromatic heterocycles. The van der Waals surface area contributed by atoms with Gasteiger partial charge < -0.3 is 9.47 Å². The van der Waals surface area contributed by atoms with Crippen LogP contribution in [0.1, 0.15) is 27.6 Å². The van der Waals surface area contributed by atoms with Crippen molar-refractivity contribution in [3.05, 3.63) is 41.2 Å². The summed E-state index contributed by atoms with van der Waals surface area (Å²) in [4.78, 5) is 23.8. The van der Waals surface area contributed by atoms with Gasteiger partial charge in [-0.15, -0.1) is 0 Å². The van der Waals surface area contributed by atoms with E-state index in [9.17, 15) is 9.59 Å². The Kier molecular flexibility index (Phi) is 2.95. The Hall–Kier alpha value is -2.10. The van der Waals surface area contributed by atoms with Crippen LogP contribution in [0.5, 0.6) is 5.75 Å². The molecule has 1 aromatic carbocycles. The SMILES string of the molecule is CCOC1=CC(=O)c2cc(OC)ccc2C1=O. The van der Waals surface area contributed by atoms with Crippen molar-refractivity contribution in [2.24, 2.45) is 0 Å². The summed E-state index contributed by atoms with van der Waals surface area (Å²) >= 11 is 0. The maximum Gasteiger partial charge on any atom is 0.228 e. The van der Waals surface area contributed by atoms with Gasteiger partial charge in [-0.05, 0) is 25.1 Å². The predicted octanol–water partition coefficient (Wildman–Crippen LogP) is 1.99. The average molecular weight is 232 g/mol. The molecule has 0 fully saturated rings. The number of carbonyl (C=O) groups is 2. The third-order valence-electron chi connectivity index (χ3n) is 2.52. The molecular formula is C13H12O4. The molecule has 2 rings (SSSR count). The molecule has 88 valence electrons. The van der Waals surface area contributed by atoms with E-state index >= 15 is 0 Å². The minimum absolute atomic E-state index is 0.107. The number of methoxy groups -OCH3 is 1. The van der Waals surface area contributed by atoms with E-state index in [4.69, 9.17) is 9.47 Å². The second kappa shape index (κ2) is 4.41. The molecule has 0 spiro atoms. The number of Topliss-reactive ketones (excluding diaryl/α,β-unsaturated/α-hetero) is 1. The van der Waals surface area contributed by atoms with Gasteiger partial charge in [0.05, 0.1) is 13.7 Å². The second-order valence-corrected chi connectivity index (χ2v) is 3.55. The van der Waals surface area contributed by atoms with E-state index in [1.807, 2.05) is 0 Å². The summed E-state index contributed by atoms with van der Waals surface area (Å²) in [5.41, 5.74) is 0.722. The molecule has 0 amide bonds. The van der Waals surface area contributed by atoms with Gasteiger partial charge in [0.25, 0.3) is 0 Å². The van der Waals surface area contributed by atoms with Crippen LogP contribution in [0.15, 0.2) is 30.0 Å². The van der Waals surface area contributed by atoms with Gasteiger partial charge in [-0.3, -0.25) is 9.59 Å². The van der Waals surface area contributed by atoms with Gasteiger partial charge in [0.15, 0.2) is 11.5 Å². The normalized spacial score (nSPS) is 14.1. The first-order valence-electron chi connectivity index (χ1n) is 5.29. The van der Waals surface area contributed by atoms with Crippen molar-refractivity contribution >= 4 is 11.6 Å². The van der Waals surface area contributed by atoms with Crippen molar-refractivity contribution in [2.75, 3.05) is 13.7 Å². The van der Waals surface area contributed by atoms with E-state index < -0.39 is 0 Å². The number of carbonyl (C=O) groups excluding carboxylic acids is 2. The van der Waals surface area contributed by atoms with Crippen LogP contribution < -0.4 is 4.74 Å². The topological polar surface area (TPSA) is 52.6 Å². The van der Waals surface area contributed by atoms with E-state index in [1.165, 1.54) is 13.2 Å². The van der Waals surface area contributed by atoms with Gasteiger partial charge >= 0.3 is 0 Å². The highest BCUT2D eigenvalue weighted by molar-refractivity contribution is 6.23. The van der Waals surface area contributed by atoms with E-state index in [0.29, 0.717) is 23.5 Å². The summed E-state index contributed by atoms with van der Waals surface area (Å²) in [6.07, 6.45) is 1.23. The van der Waals surface area contributed by atoms with Crippen molar-refractivity contribution in [1.82, 2.24) is 0 Å². The molecule has 4 nitrogen and oxygen atoms in total. The Balaban J connectivity index is 2.48. The number of ketones is 2. The highest BCUT2D eigenvalue weighted by Gasteiger charge is 2.26. The number of ether oxygens (including phenoxy) is 2. The summed E-state index contributed by atoms with van der Waals surface area (Å²) in [5.74, 6) is 0.166. The minimum Gasteiger partial charge on any atom is -0.497 e. The van der Waals surface area contributed by atoms with Crippen molar-refractivity contribution in [2.45, 2.75) is 6.92 Å². The van der Waals surface area contributed by atoms with Gasteiger partial charge in [-0.2, -0.15) is 0 Å². The van der Waals surface area contributed by atoms with Crippen molar-refractivity contribution in [3.63, 3.8) is 0 Å². The molecule has 0 heterocycles. The lowest BCUT2D eigenvalue weighted by atomic mass is 9.93. The fraction of sp³-hybridized carbons (Fsp3) is 0.231. The molecule has 0 bridgehead atoms. The van der Waals surface area contributed by atoms with Crippen LogP contribution in [-0.2, 0) is 4.74 Å². The zero-order chi connectivity index (χ0) is 12.4. The highest BCUT2D eigenvalue weighted by Crippen LogP contribution is 2.25. The van der Waals surface area contributed by atoms with Crippen LogP contribution in [-0.4, -0.2) is 25.3 Å². The molecule has 1 aliphatic carbocycles. The van der Waals surface area contributed by atoms with Crippen LogP contribution in [0.2, 0.25) is 0 Å². The molecule has 0 saturated carbocycles. The van der Waals surface area contributed by atoms with Gasteiger partial charge in [-0.1, -0.05) is 0 Å². The maximum absolute atomic E-state index is 12.0. The van der Waals surface area contributed by atoms with Crippen molar-refractivity contribution in [3.8, 4) is 5.75 Å². The maximum atomic E-state index is 12.0. The Labute approximate surface area is 98.8 Å². The molecule has 0 aliphatic heterocycles.